The Balaban J connectivity index is 1.97. The number of fused-ring (bicyclic) bond motifs is 1. The van der Waals surface area contributed by atoms with E-state index in [1.165, 1.54) is 42.5 Å². The number of hydrogen-bond acceptors (Lipinski definition) is 5. The van der Waals surface area contributed by atoms with Gasteiger partial charge in [-0.05, 0) is 53.1 Å². The van der Waals surface area contributed by atoms with E-state index in [-0.39, 0.29) is 16.0 Å². The number of halogens is 2. The first kappa shape index (κ1) is 19.7. The highest BCUT2D eigenvalue weighted by Gasteiger charge is 2.51. The minimum atomic E-state index is -3.44. The van der Waals surface area contributed by atoms with Gasteiger partial charge in [0.25, 0.3) is 6.43 Å². The molecule has 0 saturated heterocycles. The Morgan fingerprint density at radius 3 is 2.31 bits per heavy atom. The van der Waals surface area contributed by atoms with Crippen LogP contribution in [0, 0.1) is 0 Å². The van der Waals surface area contributed by atoms with Crippen LogP contribution in [0.2, 0.25) is 0 Å². The van der Waals surface area contributed by atoms with Gasteiger partial charge in [-0.15, -0.1) is 11.3 Å². The Bertz CT molecular complexity index is 1260. The fraction of sp³-hybridized carbons (Fsp3) is 0.190. The molecule has 1 aromatic heterocycles. The maximum Gasteiger partial charge on any atom is 0.340 e. The van der Waals surface area contributed by atoms with Crippen LogP contribution in [0.1, 0.15) is 18.1 Å². The zero-order valence-corrected chi connectivity index (χ0v) is 17.1. The van der Waals surface area contributed by atoms with Gasteiger partial charge in [-0.3, -0.25) is 0 Å². The maximum atomic E-state index is 14.0. The molecule has 1 atom stereocenters. The highest BCUT2D eigenvalue weighted by Crippen LogP contribution is 2.47. The summed E-state index contributed by atoms with van der Waals surface area (Å²) in [5, 5.41) is 2.89. The third kappa shape index (κ3) is 3.26. The first-order chi connectivity index (χ1) is 13.6. The molecule has 0 spiro atoms. The predicted molar refractivity (Wildman–Crippen MR) is 109 cm³/mol. The Labute approximate surface area is 170 Å². The summed E-state index contributed by atoms with van der Waals surface area (Å²) in [6.45, 7) is 1.17. The molecule has 150 valence electrons. The van der Waals surface area contributed by atoms with Gasteiger partial charge in [-0.1, -0.05) is 24.3 Å². The number of alkyl halides is 2. The summed E-state index contributed by atoms with van der Waals surface area (Å²) < 4.78 is 57.5. The van der Waals surface area contributed by atoms with Gasteiger partial charge < -0.3 is 4.74 Å². The van der Waals surface area contributed by atoms with Crippen molar-refractivity contribution in [1.82, 2.24) is 0 Å². The smallest absolute Gasteiger partial charge is 0.340 e. The standard InChI is InChI=1S/C21H16F2O4S2/c1-21(20(22)23)18(13-5-7-15(8-6-13)29(2,25)26)17(19(24)27-21)14-4-3-12-9-10-28-16(12)11-14/h3-11,20H,1-2H3. The molecule has 4 nitrogen and oxygen atoms in total. The van der Waals surface area contributed by atoms with E-state index in [1.54, 1.807) is 12.1 Å². The molecular formula is C21H16F2O4S2. The minimum absolute atomic E-state index is 0.0495. The molecule has 0 N–H and O–H groups in total. The van der Waals surface area contributed by atoms with Gasteiger partial charge in [0.15, 0.2) is 15.4 Å². The van der Waals surface area contributed by atoms with E-state index >= 15 is 0 Å². The lowest BCUT2D eigenvalue weighted by molar-refractivity contribution is -0.153. The van der Waals surface area contributed by atoms with Crippen LogP contribution in [-0.2, 0) is 19.4 Å². The van der Waals surface area contributed by atoms with Gasteiger partial charge in [0.05, 0.1) is 10.5 Å². The number of benzene rings is 2. The highest BCUT2D eigenvalue weighted by molar-refractivity contribution is 7.90. The number of esters is 1. The topological polar surface area (TPSA) is 60.4 Å². The van der Waals surface area contributed by atoms with Gasteiger partial charge in [-0.2, -0.15) is 0 Å². The number of rotatable bonds is 4. The molecule has 0 radical (unpaired) electrons. The fourth-order valence-electron chi connectivity index (χ4n) is 3.47. The molecule has 3 aromatic rings. The van der Waals surface area contributed by atoms with E-state index < -0.39 is 27.8 Å². The summed E-state index contributed by atoms with van der Waals surface area (Å²) >= 11 is 1.48. The summed E-state index contributed by atoms with van der Waals surface area (Å²) in [4.78, 5) is 12.7. The SMILES string of the molecule is CC1(C(F)F)OC(=O)C(c2ccc3ccsc3c2)=C1c1ccc(S(C)(=O)=O)cc1. The van der Waals surface area contributed by atoms with Crippen LogP contribution < -0.4 is 0 Å². The molecule has 0 fully saturated rings. The second-order valence-electron chi connectivity index (χ2n) is 7.02. The average molecular weight is 434 g/mol. The van der Waals surface area contributed by atoms with Crippen molar-refractivity contribution in [2.75, 3.05) is 6.26 Å². The van der Waals surface area contributed by atoms with Gasteiger partial charge in [-0.25, -0.2) is 22.0 Å². The zero-order chi connectivity index (χ0) is 21.0. The largest absolute Gasteiger partial charge is 0.445 e. The lowest BCUT2D eigenvalue weighted by atomic mass is 9.86. The number of hydrogen-bond donors (Lipinski definition) is 0. The summed E-state index contributed by atoms with van der Waals surface area (Å²) in [5.41, 5.74) is -1.23. The van der Waals surface area contributed by atoms with E-state index in [1.807, 2.05) is 17.5 Å². The summed E-state index contributed by atoms with van der Waals surface area (Å²) in [6, 6.07) is 12.8. The number of carbonyl (C=O) groups excluding carboxylic acids is 1. The van der Waals surface area contributed by atoms with Crippen LogP contribution in [0.25, 0.3) is 21.2 Å². The molecule has 1 unspecified atom stereocenters. The van der Waals surface area contributed by atoms with Crippen LogP contribution in [0.15, 0.2) is 58.8 Å². The number of sulfone groups is 1. The number of thiophene rings is 1. The van der Waals surface area contributed by atoms with E-state index in [0.29, 0.717) is 11.1 Å². The summed E-state index contributed by atoms with van der Waals surface area (Å²) in [5.74, 6) is -0.828. The predicted octanol–water partition coefficient (Wildman–Crippen LogP) is 4.80. The van der Waals surface area contributed by atoms with Crippen molar-refractivity contribution in [3.05, 3.63) is 65.0 Å². The molecule has 8 heteroatoms. The van der Waals surface area contributed by atoms with Crippen LogP contribution in [0.4, 0.5) is 8.78 Å². The average Bonchev–Trinajstić information content (AvgIpc) is 3.22. The van der Waals surface area contributed by atoms with E-state index in [9.17, 15) is 22.0 Å². The Morgan fingerprint density at radius 2 is 1.69 bits per heavy atom. The molecule has 0 saturated carbocycles. The second-order valence-corrected chi connectivity index (χ2v) is 9.98. The van der Waals surface area contributed by atoms with Crippen molar-refractivity contribution < 1.29 is 26.7 Å². The molecular weight excluding hydrogens is 418 g/mol. The normalized spacial score (nSPS) is 20.0. The molecule has 2 heterocycles. The Morgan fingerprint density at radius 1 is 1.03 bits per heavy atom. The van der Waals surface area contributed by atoms with Gasteiger partial charge in [0.1, 0.15) is 0 Å². The van der Waals surface area contributed by atoms with Crippen LogP contribution >= 0.6 is 11.3 Å². The lowest BCUT2D eigenvalue weighted by Crippen LogP contribution is -2.36. The second kappa shape index (κ2) is 6.74. The van der Waals surface area contributed by atoms with Crippen molar-refractivity contribution in [1.29, 1.82) is 0 Å². The molecule has 0 aliphatic carbocycles. The van der Waals surface area contributed by atoms with Crippen LogP contribution in [-0.4, -0.2) is 32.7 Å². The van der Waals surface area contributed by atoms with Crippen LogP contribution in [0.5, 0.6) is 0 Å². The molecule has 4 rings (SSSR count). The molecule has 2 aromatic carbocycles. The first-order valence-electron chi connectivity index (χ1n) is 8.65. The molecule has 1 aliphatic heterocycles. The van der Waals surface area contributed by atoms with Crippen molar-refractivity contribution in [3.8, 4) is 0 Å². The van der Waals surface area contributed by atoms with Crippen molar-refractivity contribution in [3.63, 3.8) is 0 Å². The first-order valence-corrected chi connectivity index (χ1v) is 11.4. The van der Waals surface area contributed by atoms with Gasteiger partial charge in [0.2, 0.25) is 0 Å². The summed E-state index contributed by atoms with van der Waals surface area (Å²) in [7, 11) is -3.44. The van der Waals surface area contributed by atoms with Crippen molar-refractivity contribution >= 4 is 48.4 Å². The third-order valence-corrected chi connectivity index (χ3v) is 7.00. The monoisotopic (exact) mass is 434 g/mol. The van der Waals surface area contributed by atoms with Crippen molar-refractivity contribution in [2.45, 2.75) is 23.8 Å². The van der Waals surface area contributed by atoms with Crippen LogP contribution in [0.3, 0.4) is 0 Å². The number of cyclic esters (lactones) is 1. The Hall–Kier alpha value is -2.58. The van der Waals surface area contributed by atoms with Crippen molar-refractivity contribution in [2.24, 2.45) is 0 Å². The third-order valence-electron chi connectivity index (χ3n) is 4.99. The lowest BCUT2D eigenvalue weighted by Gasteiger charge is -2.26. The molecule has 0 amide bonds. The Kier molecular flexibility index (Phi) is 4.59. The fourth-order valence-corrected chi connectivity index (χ4v) is 4.93. The molecule has 1 aliphatic rings. The van der Waals surface area contributed by atoms with E-state index in [2.05, 4.69) is 0 Å². The quantitative estimate of drug-likeness (QED) is 0.554. The summed E-state index contributed by atoms with van der Waals surface area (Å²) in [6.07, 6.45) is -1.90. The van der Waals surface area contributed by atoms with Gasteiger partial charge in [0, 0.05) is 16.5 Å². The molecule has 0 bridgehead atoms. The maximum absolute atomic E-state index is 14.0. The molecule has 29 heavy (non-hydrogen) atoms. The minimum Gasteiger partial charge on any atom is -0.445 e. The number of carbonyl (C=O) groups is 1. The van der Waals surface area contributed by atoms with Gasteiger partial charge >= 0.3 is 5.97 Å². The van der Waals surface area contributed by atoms with E-state index in [0.717, 1.165) is 16.3 Å². The van der Waals surface area contributed by atoms with E-state index in [4.69, 9.17) is 4.74 Å². The zero-order valence-electron chi connectivity index (χ0n) is 15.5. The highest BCUT2D eigenvalue weighted by atomic mass is 32.2. The number of ether oxygens (including phenoxy) is 1.